The first-order valence-electron chi connectivity index (χ1n) is 12.3. The van der Waals surface area contributed by atoms with Gasteiger partial charge in [0, 0.05) is 44.4 Å². The Balaban J connectivity index is 1.32. The Morgan fingerprint density at radius 2 is 2.11 bits per heavy atom. The Kier molecular flexibility index (Phi) is 5.36. The lowest BCUT2D eigenvalue weighted by molar-refractivity contribution is -0.0661. The monoisotopic (exact) mass is 481 g/mol. The second-order valence-corrected chi connectivity index (χ2v) is 9.78. The molecule has 4 heterocycles. The van der Waals surface area contributed by atoms with Crippen LogP contribution in [0.5, 0.6) is 0 Å². The fraction of sp³-hybridized carbons (Fsp3) is 0.480. The molecule has 2 aromatic heterocycles. The molecule has 35 heavy (non-hydrogen) atoms. The van der Waals surface area contributed by atoms with Gasteiger partial charge in [-0.25, -0.2) is 18.3 Å². The summed E-state index contributed by atoms with van der Waals surface area (Å²) in [6.07, 6.45) is 4.88. The summed E-state index contributed by atoms with van der Waals surface area (Å²) >= 11 is 0. The number of hydrogen-bond acceptors (Lipinski definition) is 6. The molecule has 1 saturated carbocycles. The van der Waals surface area contributed by atoms with Crippen LogP contribution in [0.3, 0.4) is 0 Å². The predicted octanol–water partition coefficient (Wildman–Crippen LogP) is 3.59. The number of piperidine rings is 1. The molecule has 10 heteroatoms. The van der Waals surface area contributed by atoms with Crippen molar-refractivity contribution in [3.8, 4) is 0 Å². The standard InChI is InChI=1S/C25H29F2N7O/c1-28-19-12-22(31-34-21(13-29-23(19)34)24(35)30-17-6-7-17)33-11-8-18-16(4-2-5-20(18)33)14-32-10-3-9-25(26,27)15-32/h2,4-5,12-13,17,28H,3,6-11,14-15H2,1H3,(H,30,35). The van der Waals surface area contributed by atoms with E-state index in [1.165, 1.54) is 5.56 Å². The van der Waals surface area contributed by atoms with Gasteiger partial charge < -0.3 is 15.5 Å². The predicted molar refractivity (Wildman–Crippen MR) is 130 cm³/mol. The van der Waals surface area contributed by atoms with E-state index in [1.807, 2.05) is 30.1 Å². The van der Waals surface area contributed by atoms with Crippen LogP contribution in [-0.2, 0) is 13.0 Å². The molecule has 1 aliphatic carbocycles. The van der Waals surface area contributed by atoms with Crippen molar-refractivity contribution in [1.82, 2.24) is 24.8 Å². The summed E-state index contributed by atoms with van der Waals surface area (Å²) in [6.45, 7) is 1.76. The molecule has 1 aromatic carbocycles. The molecule has 184 valence electrons. The van der Waals surface area contributed by atoms with Gasteiger partial charge in [-0.1, -0.05) is 12.1 Å². The summed E-state index contributed by atoms with van der Waals surface area (Å²) in [4.78, 5) is 21.2. The fourth-order valence-electron chi connectivity index (χ4n) is 5.23. The zero-order valence-electron chi connectivity index (χ0n) is 19.7. The van der Waals surface area contributed by atoms with Gasteiger partial charge in [0.2, 0.25) is 0 Å². The minimum absolute atomic E-state index is 0.0267. The number of rotatable bonds is 6. The van der Waals surface area contributed by atoms with E-state index in [-0.39, 0.29) is 24.9 Å². The van der Waals surface area contributed by atoms with Crippen LogP contribution < -0.4 is 15.5 Å². The first-order chi connectivity index (χ1) is 16.9. The number of aromatic nitrogens is 3. The fourth-order valence-corrected chi connectivity index (χ4v) is 5.23. The number of alkyl halides is 2. The van der Waals surface area contributed by atoms with Crippen molar-refractivity contribution >= 4 is 28.7 Å². The molecule has 1 amide bonds. The largest absolute Gasteiger partial charge is 0.385 e. The number of nitrogens with one attached hydrogen (secondary N) is 2. The first kappa shape index (κ1) is 22.2. The summed E-state index contributed by atoms with van der Waals surface area (Å²) in [5.41, 5.74) is 5.07. The normalized spacial score (nSPS) is 19.7. The molecule has 1 saturated heterocycles. The van der Waals surface area contributed by atoms with Crippen LogP contribution in [0.4, 0.5) is 26.0 Å². The summed E-state index contributed by atoms with van der Waals surface area (Å²) in [5.74, 6) is -2.07. The van der Waals surface area contributed by atoms with Crippen LogP contribution >= 0.6 is 0 Å². The Morgan fingerprint density at radius 3 is 2.89 bits per heavy atom. The number of halogens is 2. The molecule has 0 bridgehead atoms. The molecule has 3 aliphatic rings. The Hall–Kier alpha value is -3.27. The highest BCUT2D eigenvalue weighted by Crippen LogP contribution is 2.38. The Morgan fingerprint density at radius 1 is 1.26 bits per heavy atom. The maximum atomic E-state index is 13.9. The minimum atomic E-state index is -2.61. The lowest BCUT2D eigenvalue weighted by atomic mass is 10.0. The van der Waals surface area contributed by atoms with E-state index in [9.17, 15) is 13.6 Å². The smallest absolute Gasteiger partial charge is 0.271 e. The molecular weight excluding hydrogens is 452 g/mol. The topological polar surface area (TPSA) is 77.8 Å². The van der Waals surface area contributed by atoms with E-state index in [2.05, 4.69) is 26.6 Å². The molecule has 3 aromatic rings. The number of benzene rings is 1. The minimum Gasteiger partial charge on any atom is -0.385 e. The highest BCUT2D eigenvalue weighted by molar-refractivity contribution is 5.94. The number of nitrogens with zero attached hydrogens (tertiary/aromatic N) is 5. The van der Waals surface area contributed by atoms with E-state index >= 15 is 0 Å². The van der Waals surface area contributed by atoms with Crippen molar-refractivity contribution in [1.29, 1.82) is 0 Å². The van der Waals surface area contributed by atoms with Crippen LogP contribution in [0.15, 0.2) is 30.5 Å². The number of likely N-dealkylation sites (tertiary alicyclic amines) is 1. The van der Waals surface area contributed by atoms with Gasteiger partial charge in [-0.3, -0.25) is 9.69 Å². The molecule has 2 aliphatic heterocycles. The average molecular weight is 482 g/mol. The van der Waals surface area contributed by atoms with Gasteiger partial charge in [0.05, 0.1) is 18.4 Å². The van der Waals surface area contributed by atoms with Gasteiger partial charge in [-0.15, -0.1) is 5.10 Å². The Labute approximate surface area is 202 Å². The molecule has 6 rings (SSSR count). The molecule has 8 nitrogen and oxygen atoms in total. The third kappa shape index (κ3) is 4.20. The number of carbonyl (C=O) groups excluding carboxylic acids is 1. The summed E-state index contributed by atoms with van der Waals surface area (Å²) < 4.78 is 29.5. The van der Waals surface area contributed by atoms with Gasteiger partial charge in [-0.2, -0.15) is 0 Å². The molecule has 2 fully saturated rings. The van der Waals surface area contributed by atoms with Crippen molar-refractivity contribution in [2.75, 3.05) is 36.9 Å². The van der Waals surface area contributed by atoms with Crippen LogP contribution in [-0.4, -0.2) is 64.1 Å². The number of carbonyl (C=O) groups is 1. The van der Waals surface area contributed by atoms with Crippen LogP contribution in [0.25, 0.3) is 5.65 Å². The third-order valence-electron chi connectivity index (χ3n) is 7.14. The number of fused-ring (bicyclic) bond motifs is 2. The molecule has 0 atom stereocenters. The van der Waals surface area contributed by atoms with Crippen LogP contribution in [0.1, 0.15) is 47.3 Å². The van der Waals surface area contributed by atoms with Crippen molar-refractivity contribution in [2.45, 2.75) is 50.6 Å². The van der Waals surface area contributed by atoms with Crippen molar-refractivity contribution < 1.29 is 13.6 Å². The number of amides is 1. The number of imidazole rings is 1. The van der Waals surface area contributed by atoms with Gasteiger partial charge in [0.1, 0.15) is 0 Å². The average Bonchev–Trinajstić information content (AvgIpc) is 3.36. The first-order valence-corrected chi connectivity index (χ1v) is 12.3. The van der Waals surface area contributed by atoms with Gasteiger partial charge in [0.15, 0.2) is 17.2 Å². The quantitative estimate of drug-likeness (QED) is 0.561. The molecule has 0 unspecified atom stereocenters. The maximum absolute atomic E-state index is 13.9. The summed E-state index contributed by atoms with van der Waals surface area (Å²) in [7, 11) is 1.82. The number of hydrogen-bond donors (Lipinski definition) is 2. The Bertz CT molecular complexity index is 1290. The maximum Gasteiger partial charge on any atom is 0.271 e. The SMILES string of the molecule is CNc1cc(N2CCc3c(CN4CCCC(F)(F)C4)cccc32)nn2c(C(=O)NC3CC3)cnc12. The van der Waals surface area contributed by atoms with Crippen molar-refractivity contribution in [3.63, 3.8) is 0 Å². The second kappa shape index (κ2) is 8.44. The molecule has 0 spiro atoms. The molecule has 2 N–H and O–H groups in total. The number of anilines is 3. The van der Waals surface area contributed by atoms with E-state index in [4.69, 9.17) is 5.10 Å². The summed E-state index contributed by atoms with van der Waals surface area (Å²) in [5, 5.41) is 11.0. The second-order valence-electron chi connectivity index (χ2n) is 9.78. The highest BCUT2D eigenvalue weighted by atomic mass is 19.3. The van der Waals surface area contributed by atoms with E-state index in [1.54, 1.807) is 10.7 Å². The lowest BCUT2D eigenvalue weighted by Gasteiger charge is -2.32. The van der Waals surface area contributed by atoms with Gasteiger partial charge in [0.25, 0.3) is 11.8 Å². The van der Waals surface area contributed by atoms with Crippen LogP contribution in [0.2, 0.25) is 0 Å². The van der Waals surface area contributed by atoms with Gasteiger partial charge in [-0.05, 0) is 49.4 Å². The molecule has 0 radical (unpaired) electrons. The van der Waals surface area contributed by atoms with E-state index in [0.29, 0.717) is 36.7 Å². The van der Waals surface area contributed by atoms with E-state index in [0.717, 1.165) is 42.7 Å². The van der Waals surface area contributed by atoms with Gasteiger partial charge >= 0.3 is 0 Å². The molecular formula is C25H29F2N7O. The van der Waals surface area contributed by atoms with Crippen molar-refractivity contribution in [2.24, 2.45) is 0 Å². The van der Waals surface area contributed by atoms with Crippen molar-refractivity contribution in [3.05, 3.63) is 47.3 Å². The third-order valence-corrected chi connectivity index (χ3v) is 7.14. The lowest BCUT2D eigenvalue weighted by Crippen LogP contribution is -2.42. The van der Waals surface area contributed by atoms with Crippen LogP contribution in [0, 0.1) is 0 Å². The zero-order chi connectivity index (χ0) is 24.2. The highest BCUT2D eigenvalue weighted by Gasteiger charge is 2.35. The summed E-state index contributed by atoms with van der Waals surface area (Å²) in [6, 6.07) is 8.26. The zero-order valence-corrected chi connectivity index (χ0v) is 19.7. The van der Waals surface area contributed by atoms with E-state index < -0.39 is 5.92 Å².